The zero-order valence-corrected chi connectivity index (χ0v) is 19.8. The topological polar surface area (TPSA) is 89.0 Å². The number of methoxy groups -OCH3 is 1. The number of hydrogen-bond acceptors (Lipinski definition) is 5. The third-order valence-corrected chi connectivity index (χ3v) is 5.08. The largest absolute Gasteiger partial charge is 0.493 e. The number of ether oxygens (including phenoxy) is 2. The van der Waals surface area contributed by atoms with Crippen LogP contribution in [-0.4, -0.2) is 31.7 Å². The van der Waals surface area contributed by atoms with E-state index in [2.05, 4.69) is 31.8 Å². The second-order valence-electron chi connectivity index (χ2n) is 7.01. The van der Waals surface area contributed by atoms with E-state index in [4.69, 9.17) is 9.47 Å². The predicted octanol–water partition coefficient (Wildman–Crippen LogP) is 5.26. The summed E-state index contributed by atoms with van der Waals surface area (Å²) in [6.07, 6.45) is -3.28. The Hall–Kier alpha value is -3.86. The number of rotatable bonds is 8. The van der Waals surface area contributed by atoms with Crippen LogP contribution in [0, 0.1) is 0 Å². The molecule has 0 saturated carbocycles. The average Bonchev–Trinajstić information content (AvgIpc) is 2.83. The first-order valence-electron chi connectivity index (χ1n) is 10.0. The molecule has 0 atom stereocenters. The summed E-state index contributed by atoms with van der Waals surface area (Å²) in [6.45, 7) is -0.273. The van der Waals surface area contributed by atoms with Crippen LogP contribution in [0.25, 0.3) is 0 Å². The first-order valence-corrected chi connectivity index (χ1v) is 10.8. The Morgan fingerprint density at radius 1 is 1.06 bits per heavy atom. The molecule has 35 heavy (non-hydrogen) atoms. The van der Waals surface area contributed by atoms with Crippen molar-refractivity contribution in [3.05, 3.63) is 87.9 Å². The molecule has 3 rings (SSSR count). The first kappa shape index (κ1) is 25.8. The fourth-order valence-electron chi connectivity index (χ4n) is 2.88. The zero-order chi connectivity index (χ0) is 25.4. The molecule has 0 bridgehead atoms. The molecule has 0 saturated heterocycles. The summed E-state index contributed by atoms with van der Waals surface area (Å²) >= 11 is 3.35. The summed E-state index contributed by atoms with van der Waals surface area (Å²) < 4.78 is 49.9. The summed E-state index contributed by atoms with van der Waals surface area (Å²) in [7, 11) is 1.41. The molecule has 0 heterocycles. The molecule has 2 N–H and O–H groups in total. The van der Waals surface area contributed by atoms with Gasteiger partial charge in [-0.15, -0.1) is 0 Å². The van der Waals surface area contributed by atoms with Gasteiger partial charge < -0.3 is 14.8 Å². The fourth-order valence-corrected chi connectivity index (χ4v) is 3.45. The lowest BCUT2D eigenvalue weighted by Gasteiger charge is -2.13. The Morgan fingerprint density at radius 2 is 1.80 bits per heavy atom. The highest BCUT2D eigenvalue weighted by molar-refractivity contribution is 9.10. The third kappa shape index (κ3) is 7.31. The van der Waals surface area contributed by atoms with Crippen molar-refractivity contribution in [3.63, 3.8) is 0 Å². The molecule has 7 nitrogen and oxygen atoms in total. The zero-order valence-electron chi connectivity index (χ0n) is 18.2. The number of amides is 2. The molecule has 0 fully saturated rings. The molecule has 182 valence electrons. The number of alkyl halides is 3. The highest BCUT2D eigenvalue weighted by atomic mass is 79.9. The van der Waals surface area contributed by atoms with Gasteiger partial charge in [0.05, 0.1) is 23.4 Å². The second kappa shape index (κ2) is 11.5. The minimum atomic E-state index is -4.56. The monoisotopic (exact) mass is 549 g/mol. The smallest absolute Gasteiger partial charge is 0.416 e. The van der Waals surface area contributed by atoms with Crippen LogP contribution in [0.1, 0.15) is 21.5 Å². The molecule has 3 aromatic rings. The van der Waals surface area contributed by atoms with E-state index >= 15 is 0 Å². The van der Waals surface area contributed by atoms with Crippen molar-refractivity contribution >= 4 is 39.6 Å². The molecule has 0 aromatic heterocycles. The lowest BCUT2D eigenvalue weighted by molar-refractivity contribution is -0.137. The number of benzene rings is 3. The van der Waals surface area contributed by atoms with Crippen molar-refractivity contribution in [1.29, 1.82) is 0 Å². The normalized spacial score (nSPS) is 11.2. The number of carbonyl (C=O) groups is 2. The quantitative estimate of drug-likeness (QED) is 0.296. The molecular weight excluding hydrogens is 531 g/mol. The lowest BCUT2D eigenvalue weighted by atomic mass is 10.1. The molecule has 0 spiro atoms. The Balaban J connectivity index is 1.64. The molecule has 0 aliphatic heterocycles. The number of hydrazone groups is 1. The maximum Gasteiger partial charge on any atom is 0.416 e. The fraction of sp³-hybridized carbons (Fsp3) is 0.125. The molecule has 3 aromatic carbocycles. The van der Waals surface area contributed by atoms with Crippen LogP contribution < -0.4 is 20.2 Å². The summed E-state index contributed by atoms with van der Waals surface area (Å²) in [5, 5.41) is 6.49. The highest BCUT2D eigenvalue weighted by Crippen LogP contribution is 2.36. The van der Waals surface area contributed by atoms with Gasteiger partial charge in [-0.3, -0.25) is 9.59 Å². The minimum Gasteiger partial charge on any atom is -0.493 e. The Bertz CT molecular complexity index is 1230. The van der Waals surface area contributed by atoms with E-state index in [9.17, 15) is 22.8 Å². The highest BCUT2D eigenvalue weighted by Gasteiger charge is 2.30. The third-order valence-electron chi connectivity index (χ3n) is 4.49. The van der Waals surface area contributed by atoms with E-state index in [-0.39, 0.29) is 29.6 Å². The van der Waals surface area contributed by atoms with Crippen molar-refractivity contribution < 1.29 is 32.2 Å². The van der Waals surface area contributed by atoms with Crippen LogP contribution in [0.5, 0.6) is 11.5 Å². The van der Waals surface area contributed by atoms with Gasteiger partial charge in [0.15, 0.2) is 18.1 Å². The van der Waals surface area contributed by atoms with Crippen LogP contribution in [0.3, 0.4) is 0 Å². The van der Waals surface area contributed by atoms with Gasteiger partial charge in [0, 0.05) is 11.3 Å². The summed E-state index contributed by atoms with van der Waals surface area (Å²) in [4.78, 5) is 24.3. The van der Waals surface area contributed by atoms with Gasteiger partial charge in [-0.25, -0.2) is 5.43 Å². The number of para-hydroxylation sites is 1. The van der Waals surface area contributed by atoms with Crippen molar-refractivity contribution in [2.24, 2.45) is 5.10 Å². The average molecular weight is 550 g/mol. The van der Waals surface area contributed by atoms with E-state index in [1.54, 1.807) is 36.4 Å². The Labute approximate surface area is 207 Å². The van der Waals surface area contributed by atoms with Crippen LogP contribution in [0.4, 0.5) is 18.9 Å². The summed E-state index contributed by atoms with van der Waals surface area (Å²) in [6, 6.07) is 16.1. The first-order chi connectivity index (χ1) is 16.7. The maximum absolute atomic E-state index is 12.8. The molecule has 0 radical (unpaired) electrons. The number of nitrogens with one attached hydrogen (secondary N) is 2. The van der Waals surface area contributed by atoms with Gasteiger partial charge in [-0.2, -0.15) is 18.3 Å². The van der Waals surface area contributed by atoms with Gasteiger partial charge >= 0.3 is 6.18 Å². The Morgan fingerprint density at radius 3 is 2.49 bits per heavy atom. The predicted molar refractivity (Wildman–Crippen MR) is 128 cm³/mol. The van der Waals surface area contributed by atoms with Crippen LogP contribution in [-0.2, 0) is 11.0 Å². The molecule has 2 amide bonds. The maximum atomic E-state index is 12.8. The number of anilines is 1. The van der Waals surface area contributed by atoms with Gasteiger partial charge in [0.1, 0.15) is 0 Å². The summed E-state index contributed by atoms with van der Waals surface area (Å²) in [5.74, 6) is -0.603. The summed E-state index contributed by atoms with van der Waals surface area (Å²) in [5.41, 5.74) is 2.18. The minimum absolute atomic E-state index is 0.187. The second-order valence-corrected chi connectivity index (χ2v) is 7.87. The molecular formula is C24H19BrF3N3O4. The van der Waals surface area contributed by atoms with Gasteiger partial charge in [0.2, 0.25) is 0 Å². The molecule has 0 aliphatic rings. The van der Waals surface area contributed by atoms with Gasteiger partial charge in [0.25, 0.3) is 11.8 Å². The van der Waals surface area contributed by atoms with E-state index in [0.29, 0.717) is 15.7 Å². The number of carbonyl (C=O) groups excluding carboxylic acids is 2. The van der Waals surface area contributed by atoms with E-state index in [1.807, 2.05) is 6.07 Å². The molecule has 0 aliphatic carbocycles. The van der Waals surface area contributed by atoms with Crippen LogP contribution in [0.15, 0.2) is 76.3 Å². The van der Waals surface area contributed by atoms with Crippen molar-refractivity contribution in [2.45, 2.75) is 6.18 Å². The number of hydrogen-bond donors (Lipinski definition) is 2. The van der Waals surface area contributed by atoms with E-state index in [1.165, 1.54) is 19.4 Å². The molecule has 0 unspecified atom stereocenters. The van der Waals surface area contributed by atoms with Crippen LogP contribution >= 0.6 is 15.9 Å². The number of halogens is 4. The van der Waals surface area contributed by atoms with E-state index < -0.39 is 17.6 Å². The standard InChI is InChI=1S/C24H19BrF3N3O4/c1-34-20-11-15(13-29-31-23(33)16-6-5-7-17(12-16)24(26,27)28)10-19(25)22(20)35-14-21(32)30-18-8-3-2-4-9-18/h2-13H,14H2,1H3,(H,30,32)(H,31,33)/b29-13-. The number of nitrogens with zero attached hydrogens (tertiary/aromatic N) is 1. The lowest BCUT2D eigenvalue weighted by Crippen LogP contribution is -2.20. The van der Waals surface area contributed by atoms with Gasteiger partial charge in [-0.1, -0.05) is 24.3 Å². The Kier molecular flexibility index (Phi) is 8.48. The molecule has 11 heteroatoms. The SMILES string of the molecule is COc1cc(/C=N\NC(=O)c2cccc(C(F)(F)F)c2)cc(Br)c1OCC(=O)Nc1ccccc1. The van der Waals surface area contributed by atoms with E-state index in [0.717, 1.165) is 18.2 Å². The van der Waals surface area contributed by atoms with Gasteiger partial charge in [-0.05, 0) is 64.0 Å². The van der Waals surface area contributed by atoms with Crippen LogP contribution in [0.2, 0.25) is 0 Å². The van der Waals surface area contributed by atoms with Crippen molar-refractivity contribution in [1.82, 2.24) is 5.43 Å². The van der Waals surface area contributed by atoms with Crippen molar-refractivity contribution in [3.8, 4) is 11.5 Å². The van der Waals surface area contributed by atoms with Crippen molar-refractivity contribution in [2.75, 3.05) is 19.0 Å².